The van der Waals surface area contributed by atoms with E-state index in [0.717, 1.165) is 6.29 Å². The summed E-state index contributed by atoms with van der Waals surface area (Å²) >= 11 is 5.55. The van der Waals surface area contributed by atoms with E-state index in [0.29, 0.717) is 22.6 Å². The Hall–Kier alpha value is -1.35. The molecule has 3 nitrogen and oxygen atoms in total. The van der Waals surface area contributed by atoms with E-state index in [1.54, 1.807) is 18.2 Å². The van der Waals surface area contributed by atoms with E-state index in [2.05, 4.69) is 4.98 Å². The van der Waals surface area contributed by atoms with Crippen molar-refractivity contribution in [1.82, 2.24) is 4.98 Å². The molecule has 66 valence electrons. The molecule has 0 saturated carbocycles. The molecule has 2 aromatic rings. The number of hydrogen-bond donors (Lipinski definition) is 0. The van der Waals surface area contributed by atoms with Crippen LogP contribution in [0.3, 0.4) is 0 Å². The summed E-state index contributed by atoms with van der Waals surface area (Å²) in [5.74, 6) is 0.651. The lowest BCUT2D eigenvalue weighted by Gasteiger charge is -1.88. The van der Waals surface area contributed by atoms with Gasteiger partial charge in [-0.3, -0.25) is 4.79 Å². The standard InChI is InChI=1S/C9H6ClNO2/c10-4-8-11-7-3-1-2-6(5-12)9(7)13-8/h1-3,5H,4H2. The third kappa shape index (κ3) is 1.31. The number of para-hydroxylation sites is 1. The number of hydrogen-bond acceptors (Lipinski definition) is 3. The van der Waals surface area contributed by atoms with E-state index in [4.69, 9.17) is 16.0 Å². The van der Waals surface area contributed by atoms with Crippen molar-refractivity contribution in [2.75, 3.05) is 0 Å². The Labute approximate surface area is 79.3 Å². The molecule has 0 atom stereocenters. The van der Waals surface area contributed by atoms with Crippen LogP contribution in [0.15, 0.2) is 22.6 Å². The van der Waals surface area contributed by atoms with Crippen molar-refractivity contribution < 1.29 is 9.21 Å². The number of rotatable bonds is 2. The fraction of sp³-hybridized carbons (Fsp3) is 0.111. The van der Waals surface area contributed by atoms with Crippen molar-refractivity contribution in [2.45, 2.75) is 5.88 Å². The van der Waals surface area contributed by atoms with E-state index in [9.17, 15) is 4.79 Å². The van der Waals surface area contributed by atoms with Gasteiger partial charge in [0.2, 0.25) is 5.89 Å². The first kappa shape index (κ1) is 8.26. The maximum atomic E-state index is 10.6. The molecule has 0 saturated heterocycles. The zero-order valence-electron chi connectivity index (χ0n) is 6.66. The molecular formula is C9H6ClNO2. The molecule has 2 rings (SSSR count). The van der Waals surface area contributed by atoms with Crippen molar-refractivity contribution in [3.05, 3.63) is 29.7 Å². The largest absolute Gasteiger partial charge is 0.439 e. The molecule has 0 aliphatic rings. The molecule has 0 radical (unpaired) electrons. The van der Waals surface area contributed by atoms with Crippen LogP contribution in [-0.4, -0.2) is 11.3 Å². The SMILES string of the molecule is O=Cc1cccc2nc(CCl)oc12. The lowest BCUT2D eigenvalue weighted by atomic mass is 10.2. The van der Waals surface area contributed by atoms with Gasteiger partial charge in [0.15, 0.2) is 11.9 Å². The number of fused-ring (bicyclic) bond motifs is 1. The van der Waals surface area contributed by atoms with Gasteiger partial charge in [0.1, 0.15) is 5.52 Å². The van der Waals surface area contributed by atoms with E-state index >= 15 is 0 Å². The molecule has 1 heterocycles. The van der Waals surface area contributed by atoms with Crippen LogP contribution < -0.4 is 0 Å². The summed E-state index contributed by atoms with van der Waals surface area (Å²) in [4.78, 5) is 14.7. The lowest BCUT2D eigenvalue weighted by Crippen LogP contribution is -1.78. The highest BCUT2D eigenvalue weighted by Crippen LogP contribution is 2.19. The summed E-state index contributed by atoms with van der Waals surface area (Å²) in [7, 11) is 0. The average molecular weight is 196 g/mol. The maximum absolute atomic E-state index is 10.6. The number of carbonyl (C=O) groups excluding carboxylic acids is 1. The molecule has 1 aromatic heterocycles. The van der Waals surface area contributed by atoms with Crippen molar-refractivity contribution in [2.24, 2.45) is 0 Å². The number of aromatic nitrogens is 1. The van der Waals surface area contributed by atoms with Gasteiger partial charge >= 0.3 is 0 Å². The molecule has 4 heteroatoms. The predicted molar refractivity (Wildman–Crippen MR) is 49.0 cm³/mol. The molecule has 1 aromatic carbocycles. The molecule has 0 aliphatic heterocycles. The molecule has 0 aliphatic carbocycles. The zero-order valence-corrected chi connectivity index (χ0v) is 7.41. The highest BCUT2D eigenvalue weighted by atomic mass is 35.5. The number of benzene rings is 1. The first-order chi connectivity index (χ1) is 6.35. The molecule has 0 fully saturated rings. The Morgan fingerprint density at radius 3 is 3.08 bits per heavy atom. The second-order valence-electron chi connectivity index (χ2n) is 2.55. The van der Waals surface area contributed by atoms with E-state index in [1.165, 1.54) is 0 Å². The molecule has 0 spiro atoms. The maximum Gasteiger partial charge on any atom is 0.210 e. The lowest BCUT2D eigenvalue weighted by molar-refractivity contribution is 0.112. The van der Waals surface area contributed by atoms with Crippen LogP contribution >= 0.6 is 11.6 Å². The van der Waals surface area contributed by atoms with Crippen molar-refractivity contribution in [1.29, 1.82) is 0 Å². The van der Waals surface area contributed by atoms with Crippen LogP contribution in [0.2, 0.25) is 0 Å². The minimum Gasteiger partial charge on any atom is -0.439 e. The number of carbonyl (C=O) groups is 1. The van der Waals surface area contributed by atoms with Gasteiger partial charge in [-0.05, 0) is 12.1 Å². The number of nitrogens with zero attached hydrogens (tertiary/aromatic N) is 1. The quantitative estimate of drug-likeness (QED) is 0.546. The Balaban J connectivity index is 2.74. The zero-order chi connectivity index (χ0) is 9.26. The van der Waals surface area contributed by atoms with Gasteiger partial charge in [-0.2, -0.15) is 0 Å². The minimum atomic E-state index is 0.215. The first-order valence-electron chi connectivity index (χ1n) is 3.74. The predicted octanol–water partition coefficient (Wildman–Crippen LogP) is 2.38. The molecule has 0 amide bonds. The monoisotopic (exact) mass is 195 g/mol. The van der Waals surface area contributed by atoms with Crippen LogP contribution in [0.25, 0.3) is 11.1 Å². The molecule has 0 N–H and O–H groups in total. The number of alkyl halides is 1. The second kappa shape index (κ2) is 3.18. The van der Waals surface area contributed by atoms with Gasteiger partial charge in [0, 0.05) is 0 Å². The van der Waals surface area contributed by atoms with E-state index in [1.807, 2.05) is 0 Å². The van der Waals surface area contributed by atoms with Crippen LogP contribution in [0.5, 0.6) is 0 Å². The van der Waals surface area contributed by atoms with Gasteiger partial charge in [0.25, 0.3) is 0 Å². The summed E-state index contributed by atoms with van der Waals surface area (Å²) in [5, 5.41) is 0. The normalized spacial score (nSPS) is 10.5. The first-order valence-corrected chi connectivity index (χ1v) is 4.28. The van der Waals surface area contributed by atoms with Gasteiger partial charge in [-0.15, -0.1) is 11.6 Å². The van der Waals surface area contributed by atoms with Gasteiger partial charge in [-0.25, -0.2) is 4.98 Å². The summed E-state index contributed by atoms with van der Waals surface area (Å²) < 4.78 is 5.26. The fourth-order valence-corrected chi connectivity index (χ4v) is 1.28. The number of halogens is 1. The van der Waals surface area contributed by atoms with Crippen LogP contribution in [-0.2, 0) is 5.88 Å². The summed E-state index contributed by atoms with van der Waals surface area (Å²) in [6.07, 6.45) is 0.742. The fourth-order valence-electron chi connectivity index (χ4n) is 1.17. The highest BCUT2D eigenvalue weighted by molar-refractivity contribution is 6.16. The third-order valence-corrected chi connectivity index (χ3v) is 1.96. The van der Waals surface area contributed by atoms with Gasteiger partial charge < -0.3 is 4.42 Å². The average Bonchev–Trinajstić information content (AvgIpc) is 2.59. The molecule has 0 unspecified atom stereocenters. The summed E-state index contributed by atoms with van der Waals surface area (Å²) in [6.45, 7) is 0. The topological polar surface area (TPSA) is 43.1 Å². The Morgan fingerprint density at radius 1 is 1.54 bits per heavy atom. The highest BCUT2D eigenvalue weighted by Gasteiger charge is 2.07. The third-order valence-electron chi connectivity index (χ3n) is 1.73. The van der Waals surface area contributed by atoms with Crippen molar-refractivity contribution >= 4 is 29.0 Å². The Kier molecular flexibility index (Phi) is 2.02. The minimum absolute atomic E-state index is 0.215. The van der Waals surface area contributed by atoms with E-state index in [-0.39, 0.29) is 5.88 Å². The number of oxazole rings is 1. The second-order valence-corrected chi connectivity index (χ2v) is 2.82. The molecular weight excluding hydrogens is 190 g/mol. The Bertz CT molecular complexity index is 450. The van der Waals surface area contributed by atoms with Crippen LogP contribution in [0.4, 0.5) is 0 Å². The van der Waals surface area contributed by atoms with Crippen LogP contribution in [0, 0.1) is 0 Å². The summed E-state index contributed by atoms with van der Waals surface area (Å²) in [6, 6.07) is 5.22. The van der Waals surface area contributed by atoms with Gasteiger partial charge in [-0.1, -0.05) is 6.07 Å². The molecule has 0 bridgehead atoms. The number of aldehydes is 1. The van der Waals surface area contributed by atoms with Crippen molar-refractivity contribution in [3.63, 3.8) is 0 Å². The Morgan fingerprint density at radius 2 is 2.38 bits per heavy atom. The molecule has 13 heavy (non-hydrogen) atoms. The smallest absolute Gasteiger partial charge is 0.210 e. The van der Waals surface area contributed by atoms with Crippen LogP contribution in [0.1, 0.15) is 16.2 Å². The van der Waals surface area contributed by atoms with E-state index < -0.39 is 0 Å². The van der Waals surface area contributed by atoms with Crippen molar-refractivity contribution in [3.8, 4) is 0 Å². The summed E-state index contributed by atoms with van der Waals surface area (Å²) in [5.41, 5.74) is 1.68. The van der Waals surface area contributed by atoms with Gasteiger partial charge in [0.05, 0.1) is 11.4 Å².